The molecule has 0 fully saturated rings. The van der Waals surface area contributed by atoms with Gasteiger partial charge in [-0.15, -0.1) is 0 Å². The summed E-state index contributed by atoms with van der Waals surface area (Å²) in [6, 6.07) is 0. The lowest BCUT2D eigenvalue weighted by Crippen LogP contribution is -2.12. The first-order chi connectivity index (χ1) is 3.18. The predicted molar refractivity (Wildman–Crippen MR) is 23.8 cm³/mol. The summed E-state index contributed by atoms with van der Waals surface area (Å²) in [5.41, 5.74) is -1.66. The van der Waals surface area contributed by atoms with E-state index in [1.807, 2.05) is 0 Å². The highest BCUT2D eigenvalue weighted by atomic mass is 35.5. The van der Waals surface area contributed by atoms with Gasteiger partial charge in [-0.3, -0.25) is 0 Å². The fraction of sp³-hybridized carbons (Fsp3) is 0.500. The summed E-state index contributed by atoms with van der Waals surface area (Å²) >= 11 is 9.18. The highest BCUT2D eigenvalue weighted by Crippen LogP contribution is 1.94. The van der Waals surface area contributed by atoms with Crippen molar-refractivity contribution in [3.63, 3.8) is 0 Å². The molecule has 0 radical (unpaired) electrons. The lowest BCUT2D eigenvalue weighted by molar-refractivity contribution is -0.139. The van der Waals surface area contributed by atoms with Crippen LogP contribution in [0.1, 0.15) is 0 Å². The average molecular weight is 145 g/mol. The van der Waals surface area contributed by atoms with Gasteiger partial charge in [0, 0.05) is 0 Å². The fourth-order valence-electron chi connectivity index (χ4n) is 0.0368. The Hall–Kier alpha value is 0.01000. The van der Waals surface area contributed by atoms with E-state index in [1.165, 1.54) is 0 Å². The Bertz CT molecular complexity index is 71.3. The number of hydrogen-bond donors (Lipinski definition) is 1. The average Bonchev–Trinajstić information content (AvgIpc) is 1.65. The number of carbonyl (C=O) groups is 1. The van der Waals surface area contributed by atoms with Crippen LogP contribution in [0.5, 0.6) is 0 Å². The maximum absolute atomic E-state index is 9.78. The number of halogens is 2. The van der Waals surface area contributed by atoms with Gasteiger partial charge in [0.1, 0.15) is 11.9 Å². The van der Waals surface area contributed by atoms with E-state index in [0.29, 0.717) is 0 Å². The third kappa shape index (κ3) is 2.68. The van der Waals surface area contributed by atoms with E-state index in [9.17, 15) is 4.79 Å². The number of rotatable bonds is 1. The maximum Gasteiger partial charge on any atom is 0.368 e. The normalized spacial score (nSPS) is 13.0. The Morgan fingerprint density at radius 3 is 2.29 bits per heavy atom. The van der Waals surface area contributed by atoms with Gasteiger partial charge in [-0.2, -0.15) is 0 Å². The molecule has 0 aromatic heterocycles. The van der Waals surface area contributed by atoms with Crippen LogP contribution in [0.25, 0.3) is 0 Å². The number of alkyl halides is 1. The van der Waals surface area contributed by atoms with Crippen molar-refractivity contribution in [2.45, 2.75) is 5.56 Å². The van der Waals surface area contributed by atoms with Crippen molar-refractivity contribution in [2.75, 3.05) is 0 Å². The minimum absolute atomic E-state index is 1.07. The summed E-state index contributed by atoms with van der Waals surface area (Å²) in [7, 11) is 0. The van der Waals surface area contributed by atoms with Crippen LogP contribution in [0.4, 0.5) is 0 Å². The molecule has 0 spiro atoms. The first-order valence-corrected chi connectivity index (χ1v) is 2.07. The van der Waals surface area contributed by atoms with E-state index in [-0.39, 0.29) is 0 Å². The van der Waals surface area contributed by atoms with E-state index in [4.69, 9.17) is 16.7 Å². The second-order valence-corrected chi connectivity index (χ2v) is 1.30. The van der Waals surface area contributed by atoms with Crippen LogP contribution in [0, 0.1) is 0 Å². The minimum Gasteiger partial charge on any atom is -0.368 e. The molecule has 5 heteroatoms. The predicted octanol–water partition coefficient (Wildman–Crippen LogP) is 0.241. The van der Waals surface area contributed by atoms with Crippen LogP contribution in [0.15, 0.2) is 0 Å². The topological polar surface area (TPSA) is 46.5 Å². The largest absolute Gasteiger partial charge is 0.368 e. The molecule has 0 saturated carbocycles. The van der Waals surface area contributed by atoms with Crippen molar-refractivity contribution >= 4 is 29.4 Å². The molecule has 0 aliphatic rings. The summed E-state index contributed by atoms with van der Waals surface area (Å²) in [5, 5.41) is 8.03. The van der Waals surface area contributed by atoms with Gasteiger partial charge in [-0.1, -0.05) is 11.6 Å². The van der Waals surface area contributed by atoms with Crippen molar-refractivity contribution in [2.24, 2.45) is 0 Å². The van der Waals surface area contributed by atoms with Gasteiger partial charge in [-0.05, 0) is 0 Å². The first kappa shape index (κ1) is 7.01. The first-order valence-electron chi connectivity index (χ1n) is 1.33. The summed E-state index contributed by atoms with van der Waals surface area (Å²) < 4.78 is 3.46. The van der Waals surface area contributed by atoms with Crippen molar-refractivity contribution in [1.82, 2.24) is 0 Å². The highest BCUT2D eigenvalue weighted by molar-refractivity contribution is 6.30. The van der Waals surface area contributed by atoms with E-state index >= 15 is 0 Å². The molecule has 0 saturated heterocycles. The highest BCUT2D eigenvalue weighted by Gasteiger charge is 2.10. The molecular formula is C2H2Cl2O3. The molecule has 0 aliphatic carbocycles. The Kier molecular flexibility index (Phi) is 3.07. The summed E-state index contributed by atoms with van der Waals surface area (Å²) in [6.45, 7) is 0. The molecule has 0 amide bonds. The molecule has 0 aliphatic heterocycles. The zero-order valence-corrected chi connectivity index (χ0v) is 4.61. The summed E-state index contributed by atoms with van der Waals surface area (Å²) in [4.78, 5) is 9.78. The third-order valence-corrected chi connectivity index (χ3v) is 0.601. The summed E-state index contributed by atoms with van der Waals surface area (Å²) in [5.74, 6) is -1.07. The Balaban J connectivity index is 3.35. The van der Waals surface area contributed by atoms with Crippen molar-refractivity contribution < 1.29 is 14.2 Å². The molecule has 1 unspecified atom stereocenters. The van der Waals surface area contributed by atoms with Crippen molar-refractivity contribution in [1.29, 1.82) is 0 Å². The molecule has 0 aromatic carbocycles. The standard InChI is InChI=1S/C2H2Cl2O3/c3-1(5)2(6)7-4/h1,5H. The second kappa shape index (κ2) is 3.07. The molecular weight excluding hydrogens is 143 g/mol. The molecule has 1 atom stereocenters. The maximum atomic E-state index is 9.78. The van der Waals surface area contributed by atoms with Crippen molar-refractivity contribution in [3.05, 3.63) is 0 Å². The molecule has 7 heavy (non-hydrogen) atoms. The zero-order chi connectivity index (χ0) is 5.86. The smallest absolute Gasteiger partial charge is 0.368 e. The quantitative estimate of drug-likeness (QED) is 0.537. The molecule has 0 rings (SSSR count). The Morgan fingerprint density at radius 2 is 2.29 bits per heavy atom. The monoisotopic (exact) mass is 144 g/mol. The van der Waals surface area contributed by atoms with Gasteiger partial charge in [0.25, 0.3) is 0 Å². The van der Waals surface area contributed by atoms with Crippen LogP contribution >= 0.6 is 23.5 Å². The van der Waals surface area contributed by atoms with E-state index < -0.39 is 11.5 Å². The van der Waals surface area contributed by atoms with Gasteiger partial charge < -0.3 is 9.40 Å². The van der Waals surface area contributed by atoms with Crippen LogP contribution in [0.2, 0.25) is 0 Å². The van der Waals surface area contributed by atoms with Crippen LogP contribution in [-0.2, 0) is 9.08 Å². The summed E-state index contributed by atoms with van der Waals surface area (Å²) in [6.07, 6.45) is 0. The van der Waals surface area contributed by atoms with E-state index in [2.05, 4.69) is 16.2 Å². The second-order valence-electron chi connectivity index (χ2n) is 0.732. The Labute approximate surface area is 50.0 Å². The Morgan fingerprint density at radius 1 is 1.86 bits per heavy atom. The number of carbonyl (C=O) groups excluding carboxylic acids is 1. The fourth-order valence-corrected chi connectivity index (χ4v) is 0.211. The zero-order valence-electron chi connectivity index (χ0n) is 3.10. The van der Waals surface area contributed by atoms with Gasteiger partial charge >= 0.3 is 5.97 Å². The van der Waals surface area contributed by atoms with Gasteiger partial charge in [-0.25, -0.2) is 4.79 Å². The van der Waals surface area contributed by atoms with Crippen molar-refractivity contribution in [3.8, 4) is 0 Å². The molecule has 42 valence electrons. The van der Waals surface area contributed by atoms with E-state index in [1.54, 1.807) is 0 Å². The van der Waals surface area contributed by atoms with Crippen LogP contribution in [-0.4, -0.2) is 16.6 Å². The molecule has 1 N–H and O–H groups in total. The van der Waals surface area contributed by atoms with Crippen LogP contribution in [0.3, 0.4) is 0 Å². The van der Waals surface area contributed by atoms with Gasteiger partial charge in [0.2, 0.25) is 5.56 Å². The molecule has 0 bridgehead atoms. The lowest BCUT2D eigenvalue weighted by Gasteiger charge is -1.91. The molecule has 3 nitrogen and oxygen atoms in total. The minimum atomic E-state index is -1.66. The number of aliphatic hydroxyl groups excluding tert-OH is 1. The van der Waals surface area contributed by atoms with Crippen LogP contribution < -0.4 is 0 Å². The van der Waals surface area contributed by atoms with Gasteiger partial charge in [0.15, 0.2) is 0 Å². The van der Waals surface area contributed by atoms with E-state index in [0.717, 1.165) is 0 Å². The third-order valence-electron chi connectivity index (χ3n) is 0.271. The number of aliphatic hydroxyl groups is 1. The molecule has 0 heterocycles. The molecule has 0 aromatic rings. The van der Waals surface area contributed by atoms with Gasteiger partial charge in [0.05, 0.1) is 0 Å². The lowest BCUT2D eigenvalue weighted by atomic mass is 10.8. The number of hydrogen-bond acceptors (Lipinski definition) is 3. The SMILES string of the molecule is O=C(OCl)C(O)Cl.